The standard InChI is InChI=1S/C11H11FN2OS/c12-8-3-1-2-4-9(8)13-11(16)14-10(15)7-5-6-7/h1-4,7H,5-6H2,(H2,13,14,15,16). The highest BCUT2D eigenvalue weighted by molar-refractivity contribution is 7.80. The normalized spacial score (nSPS) is 14.3. The summed E-state index contributed by atoms with van der Waals surface area (Å²) in [6, 6.07) is 6.17. The van der Waals surface area contributed by atoms with Crippen molar-refractivity contribution in [2.75, 3.05) is 5.32 Å². The Bertz CT molecular complexity index is 432. The van der Waals surface area contributed by atoms with Gasteiger partial charge in [-0.3, -0.25) is 4.79 Å². The van der Waals surface area contributed by atoms with E-state index in [-0.39, 0.29) is 22.6 Å². The van der Waals surface area contributed by atoms with Crippen molar-refractivity contribution in [1.29, 1.82) is 0 Å². The molecule has 0 radical (unpaired) electrons. The van der Waals surface area contributed by atoms with Gasteiger partial charge in [-0.05, 0) is 37.2 Å². The number of hydrogen-bond acceptors (Lipinski definition) is 2. The van der Waals surface area contributed by atoms with Gasteiger partial charge < -0.3 is 10.6 Å². The van der Waals surface area contributed by atoms with Crippen LogP contribution in [-0.4, -0.2) is 11.0 Å². The summed E-state index contributed by atoms with van der Waals surface area (Å²) in [7, 11) is 0. The van der Waals surface area contributed by atoms with Crippen LogP contribution < -0.4 is 10.6 Å². The fourth-order valence-electron chi connectivity index (χ4n) is 1.28. The van der Waals surface area contributed by atoms with E-state index in [1.807, 2.05) is 0 Å². The molecular formula is C11H11FN2OS. The van der Waals surface area contributed by atoms with Crippen LogP contribution in [0.1, 0.15) is 12.8 Å². The van der Waals surface area contributed by atoms with Gasteiger partial charge in [0.05, 0.1) is 5.69 Å². The van der Waals surface area contributed by atoms with E-state index >= 15 is 0 Å². The highest BCUT2D eigenvalue weighted by Gasteiger charge is 2.30. The molecule has 84 valence electrons. The Labute approximate surface area is 98.0 Å². The molecule has 0 atom stereocenters. The molecule has 1 aliphatic rings. The molecule has 1 aromatic carbocycles. The Morgan fingerprint density at radius 3 is 2.69 bits per heavy atom. The number of benzene rings is 1. The highest BCUT2D eigenvalue weighted by Crippen LogP contribution is 2.28. The molecule has 0 saturated heterocycles. The first-order valence-electron chi connectivity index (χ1n) is 5.03. The predicted molar refractivity (Wildman–Crippen MR) is 63.5 cm³/mol. The number of hydrogen-bond donors (Lipinski definition) is 2. The van der Waals surface area contributed by atoms with Gasteiger partial charge >= 0.3 is 0 Å². The summed E-state index contributed by atoms with van der Waals surface area (Å²) in [5.74, 6) is -0.403. The van der Waals surface area contributed by atoms with Crippen molar-refractivity contribution in [2.45, 2.75) is 12.8 Å². The van der Waals surface area contributed by atoms with Gasteiger partial charge in [-0.1, -0.05) is 12.1 Å². The van der Waals surface area contributed by atoms with E-state index in [9.17, 15) is 9.18 Å². The van der Waals surface area contributed by atoms with E-state index in [1.54, 1.807) is 18.2 Å². The monoisotopic (exact) mass is 238 g/mol. The van der Waals surface area contributed by atoms with E-state index in [0.717, 1.165) is 12.8 Å². The predicted octanol–water partition coefficient (Wildman–Crippen LogP) is 2.05. The molecule has 5 heteroatoms. The molecule has 2 rings (SSSR count). The lowest BCUT2D eigenvalue weighted by Crippen LogP contribution is -2.35. The Morgan fingerprint density at radius 2 is 2.06 bits per heavy atom. The van der Waals surface area contributed by atoms with Crippen LogP contribution in [0.4, 0.5) is 10.1 Å². The van der Waals surface area contributed by atoms with Crippen molar-refractivity contribution >= 4 is 28.9 Å². The summed E-state index contributed by atoms with van der Waals surface area (Å²) in [6.07, 6.45) is 1.82. The second-order valence-corrected chi connectivity index (χ2v) is 4.11. The van der Waals surface area contributed by atoms with E-state index in [1.165, 1.54) is 6.07 Å². The number of halogens is 1. The minimum atomic E-state index is -0.398. The zero-order valence-electron chi connectivity index (χ0n) is 8.50. The molecule has 1 amide bonds. The molecule has 1 aromatic rings. The molecule has 1 aliphatic carbocycles. The van der Waals surface area contributed by atoms with Crippen LogP contribution in [0.3, 0.4) is 0 Å². The topological polar surface area (TPSA) is 41.1 Å². The van der Waals surface area contributed by atoms with Crippen LogP contribution in [0.5, 0.6) is 0 Å². The lowest BCUT2D eigenvalue weighted by Gasteiger charge is -2.09. The van der Waals surface area contributed by atoms with E-state index < -0.39 is 5.82 Å². The maximum atomic E-state index is 13.2. The lowest BCUT2D eigenvalue weighted by molar-refractivity contribution is -0.120. The molecule has 0 unspecified atom stereocenters. The van der Waals surface area contributed by atoms with Crippen LogP contribution in [-0.2, 0) is 4.79 Å². The van der Waals surface area contributed by atoms with Crippen molar-refractivity contribution in [3.05, 3.63) is 30.1 Å². The summed E-state index contributed by atoms with van der Waals surface area (Å²) in [4.78, 5) is 11.4. The van der Waals surface area contributed by atoms with Crippen LogP contribution in [0.25, 0.3) is 0 Å². The number of rotatable bonds is 2. The van der Waals surface area contributed by atoms with Crippen LogP contribution >= 0.6 is 12.2 Å². The molecule has 0 heterocycles. The number of anilines is 1. The van der Waals surface area contributed by atoms with E-state index in [2.05, 4.69) is 10.6 Å². The van der Waals surface area contributed by atoms with Crippen molar-refractivity contribution in [2.24, 2.45) is 5.92 Å². The molecule has 3 nitrogen and oxygen atoms in total. The number of thiocarbonyl (C=S) groups is 1. The number of carbonyl (C=O) groups is 1. The number of amides is 1. The maximum Gasteiger partial charge on any atom is 0.229 e. The summed E-state index contributed by atoms with van der Waals surface area (Å²) >= 11 is 4.91. The van der Waals surface area contributed by atoms with Gasteiger partial charge in [0.1, 0.15) is 5.82 Å². The van der Waals surface area contributed by atoms with E-state index in [4.69, 9.17) is 12.2 Å². The minimum absolute atomic E-state index is 0.0837. The first kappa shape index (κ1) is 11.0. The van der Waals surface area contributed by atoms with Crippen molar-refractivity contribution in [3.63, 3.8) is 0 Å². The molecule has 0 aliphatic heterocycles. The van der Waals surface area contributed by atoms with Crippen LogP contribution in [0, 0.1) is 11.7 Å². The van der Waals surface area contributed by atoms with Gasteiger partial charge in [-0.25, -0.2) is 4.39 Å². The fraction of sp³-hybridized carbons (Fsp3) is 0.273. The molecule has 2 N–H and O–H groups in total. The van der Waals surface area contributed by atoms with Crippen molar-refractivity contribution in [1.82, 2.24) is 5.32 Å². The van der Waals surface area contributed by atoms with Crippen molar-refractivity contribution < 1.29 is 9.18 Å². The number of nitrogens with one attached hydrogen (secondary N) is 2. The maximum absolute atomic E-state index is 13.2. The second kappa shape index (κ2) is 4.57. The zero-order valence-corrected chi connectivity index (χ0v) is 9.31. The average molecular weight is 238 g/mol. The van der Waals surface area contributed by atoms with Gasteiger partial charge in [-0.2, -0.15) is 0 Å². The van der Waals surface area contributed by atoms with Gasteiger partial charge in [0.2, 0.25) is 5.91 Å². The Kier molecular flexibility index (Phi) is 3.14. The first-order valence-corrected chi connectivity index (χ1v) is 5.44. The molecule has 16 heavy (non-hydrogen) atoms. The smallest absolute Gasteiger partial charge is 0.229 e. The van der Waals surface area contributed by atoms with Gasteiger partial charge in [0.15, 0.2) is 5.11 Å². The minimum Gasteiger partial charge on any atom is -0.330 e. The summed E-state index contributed by atoms with van der Waals surface area (Å²) in [5, 5.41) is 5.32. The summed E-state index contributed by atoms with van der Waals surface area (Å²) in [5.41, 5.74) is 0.267. The Morgan fingerprint density at radius 1 is 1.38 bits per heavy atom. The van der Waals surface area contributed by atoms with Crippen LogP contribution in [0.15, 0.2) is 24.3 Å². The molecular weight excluding hydrogens is 227 g/mol. The Hall–Kier alpha value is -1.49. The third-order valence-corrected chi connectivity index (χ3v) is 2.51. The quantitative estimate of drug-likeness (QED) is 0.775. The number of carbonyl (C=O) groups excluding carboxylic acids is 1. The van der Waals surface area contributed by atoms with Gasteiger partial charge in [-0.15, -0.1) is 0 Å². The molecule has 1 fully saturated rings. The summed E-state index contributed by atoms with van der Waals surface area (Å²) in [6.45, 7) is 0. The molecule has 1 saturated carbocycles. The molecule has 0 bridgehead atoms. The SMILES string of the molecule is O=C(NC(=S)Nc1ccccc1F)C1CC1. The fourth-order valence-corrected chi connectivity index (χ4v) is 1.49. The number of para-hydroxylation sites is 1. The average Bonchev–Trinajstić information content (AvgIpc) is 3.04. The first-order chi connectivity index (χ1) is 7.66. The third kappa shape index (κ3) is 2.76. The van der Waals surface area contributed by atoms with Gasteiger partial charge in [0, 0.05) is 5.92 Å². The van der Waals surface area contributed by atoms with E-state index in [0.29, 0.717) is 0 Å². The molecule has 0 aromatic heterocycles. The summed E-state index contributed by atoms with van der Waals surface area (Å²) < 4.78 is 13.2. The lowest BCUT2D eigenvalue weighted by atomic mass is 10.3. The largest absolute Gasteiger partial charge is 0.330 e. The van der Waals surface area contributed by atoms with Gasteiger partial charge in [0.25, 0.3) is 0 Å². The molecule has 0 spiro atoms. The van der Waals surface area contributed by atoms with Crippen molar-refractivity contribution in [3.8, 4) is 0 Å². The second-order valence-electron chi connectivity index (χ2n) is 3.70. The zero-order chi connectivity index (χ0) is 11.5. The van der Waals surface area contributed by atoms with Crippen LogP contribution in [0.2, 0.25) is 0 Å². The Balaban J connectivity index is 1.91. The third-order valence-electron chi connectivity index (χ3n) is 2.31. The highest BCUT2D eigenvalue weighted by atomic mass is 32.1.